The monoisotopic (exact) mass is 536 g/mol. The van der Waals surface area contributed by atoms with E-state index >= 15 is 0 Å². The number of benzene rings is 1. The number of likely N-dealkylation sites (tertiary alicyclic amines) is 1. The van der Waals surface area contributed by atoms with E-state index in [0.717, 1.165) is 18.4 Å². The summed E-state index contributed by atoms with van der Waals surface area (Å²) in [5.74, 6) is -0.689. The number of rotatable bonds is 9. The molecule has 2 atom stereocenters. The summed E-state index contributed by atoms with van der Waals surface area (Å²) < 4.78 is 16.3. The average Bonchev–Trinajstić information content (AvgIpc) is 3.58. The number of hydrogen-bond acceptors (Lipinski definition) is 7. The summed E-state index contributed by atoms with van der Waals surface area (Å²) in [7, 11) is 1.36. The van der Waals surface area contributed by atoms with E-state index in [9.17, 15) is 18.8 Å². The van der Waals surface area contributed by atoms with E-state index in [0.29, 0.717) is 30.8 Å². The van der Waals surface area contributed by atoms with Crippen molar-refractivity contribution in [2.45, 2.75) is 44.0 Å². The van der Waals surface area contributed by atoms with Gasteiger partial charge in [-0.15, -0.1) is 12.4 Å². The third-order valence-electron chi connectivity index (χ3n) is 6.12. The van der Waals surface area contributed by atoms with E-state index < -0.39 is 6.04 Å². The molecule has 2 aromatic rings. The highest BCUT2D eigenvalue weighted by molar-refractivity contribution is 8.14. The van der Waals surface area contributed by atoms with Crippen LogP contribution in [0.2, 0.25) is 0 Å². The number of aromatic nitrogens is 2. The molecule has 0 radical (unpaired) electrons. The normalized spacial score (nSPS) is 20.0. The Morgan fingerprint density at radius 1 is 1.25 bits per heavy atom. The van der Waals surface area contributed by atoms with Crippen LogP contribution in [-0.2, 0) is 25.8 Å². The van der Waals surface area contributed by atoms with E-state index in [1.807, 2.05) is 11.0 Å². The maximum absolute atomic E-state index is 14.8. The van der Waals surface area contributed by atoms with Gasteiger partial charge in [0.1, 0.15) is 12.4 Å². The molecule has 4 rings (SSSR count). The lowest BCUT2D eigenvalue weighted by Crippen LogP contribution is -2.43. The van der Waals surface area contributed by atoms with Crippen molar-refractivity contribution in [3.8, 4) is 0 Å². The average molecular weight is 537 g/mol. The van der Waals surface area contributed by atoms with Crippen LogP contribution in [0.25, 0.3) is 6.08 Å². The molecule has 1 saturated heterocycles. The second-order valence-corrected chi connectivity index (χ2v) is 10.2. The second kappa shape index (κ2) is 12.6. The first-order chi connectivity index (χ1) is 16.9. The Morgan fingerprint density at radius 3 is 2.67 bits per heavy atom. The Hall–Kier alpha value is -2.53. The van der Waals surface area contributed by atoms with Gasteiger partial charge < -0.3 is 0 Å². The molecule has 2 aliphatic rings. The molecule has 0 spiro atoms. The molecule has 8 nitrogen and oxygen atoms in total. The van der Waals surface area contributed by atoms with Crippen LogP contribution in [0.1, 0.15) is 43.5 Å². The van der Waals surface area contributed by atoms with Crippen molar-refractivity contribution in [2.24, 2.45) is 5.92 Å². The van der Waals surface area contributed by atoms with Crippen molar-refractivity contribution < 1.29 is 23.6 Å². The summed E-state index contributed by atoms with van der Waals surface area (Å²) >= 11 is 1.26. The molecule has 1 aromatic carbocycles. The standard InChI is InChI=1S/C25H29FN4O4S.ClH/c1-16(31)35-22-10-11-29(24(25(33)17-7-8-17)20-5-3-4-6-21(20)26)14-18(22)13-19-9-12-30(27-19)15-23(32)28-34-2;/h3-6,9,12-13,17,22,24H,7-8,10-11,14-15H2,1-2H3,(H,28,32);1H. The van der Waals surface area contributed by atoms with Crippen molar-refractivity contribution in [3.05, 3.63) is 59.2 Å². The highest BCUT2D eigenvalue weighted by Gasteiger charge is 2.41. The molecular weight excluding hydrogens is 507 g/mol. The fraction of sp³-hybridized carbons (Fsp3) is 0.440. The van der Waals surface area contributed by atoms with Gasteiger partial charge in [0, 0.05) is 42.9 Å². The van der Waals surface area contributed by atoms with E-state index in [2.05, 4.69) is 15.4 Å². The first-order valence-electron chi connectivity index (χ1n) is 11.6. The van der Waals surface area contributed by atoms with Gasteiger partial charge in [-0.1, -0.05) is 30.0 Å². The Balaban J connectivity index is 0.00000361. The summed E-state index contributed by atoms with van der Waals surface area (Å²) in [5, 5.41) is 4.38. The zero-order valence-electron chi connectivity index (χ0n) is 20.2. The van der Waals surface area contributed by atoms with Crippen molar-refractivity contribution in [1.29, 1.82) is 0 Å². The highest BCUT2D eigenvalue weighted by atomic mass is 35.5. The number of nitrogens with one attached hydrogen (secondary N) is 1. The van der Waals surface area contributed by atoms with E-state index in [4.69, 9.17) is 0 Å². The van der Waals surface area contributed by atoms with Gasteiger partial charge in [0.15, 0.2) is 10.9 Å². The van der Waals surface area contributed by atoms with Gasteiger partial charge in [-0.2, -0.15) is 5.10 Å². The summed E-state index contributed by atoms with van der Waals surface area (Å²) in [6, 6.07) is 7.59. The largest absolute Gasteiger partial charge is 0.297 e. The summed E-state index contributed by atoms with van der Waals surface area (Å²) in [6.45, 7) is 2.53. The van der Waals surface area contributed by atoms with Crippen LogP contribution in [0.5, 0.6) is 0 Å². The zero-order valence-corrected chi connectivity index (χ0v) is 21.8. The van der Waals surface area contributed by atoms with Crippen molar-refractivity contribution in [2.75, 3.05) is 20.2 Å². The number of thioether (sulfide) groups is 1. The number of ketones is 1. The number of amides is 1. The molecule has 2 unspecified atom stereocenters. The third-order valence-corrected chi connectivity index (χ3v) is 7.27. The summed E-state index contributed by atoms with van der Waals surface area (Å²) in [5.41, 5.74) is 4.22. The minimum atomic E-state index is -0.661. The smallest absolute Gasteiger partial charge is 0.265 e. The maximum atomic E-state index is 14.8. The van der Waals surface area contributed by atoms with Crippen LogP contribution in [0, 0.1) is 11.7 Å². The number of nitrogens with zero attached hydrogens (tertiary/aromatic N) is 3. The van der Waals surface area contributed by atoms with Gasteiger partial charge >= 0.3 is 0 Å². The Labute approximate surface area is 220 Å². The lowest BCUT2D eigenvalue weighted by Gasteiger charge is -2.38. The molecule has 2 heterocycles. The first-order valence-corrected chi connectivity index (χ1v) is 12.5. The molecule has 36 heavy (non-hydrogen) atoms. The van der Waals surface area contributed by atoms with E-state index in [1.165, 1.54) is 36.5 Å². The summed E-state index contributed by atoms with van der Waals surface area (Å²) in [6.07, 6.45) is 5.93. The maximum Gasteiger partial charge on any atom is 0.265 e. The Bertz CT molecular complexity index is 1140. The Kier molecular flexibility index (Phi) is 9.84. The lowest BCUT2D eigenvalue weighted by molar-refractivity contribution is -0.132. The van der Waals surface area contributed by atoms with Crippen LogP contribution < -0.4 is 5.48 Å². The molecule has 194 valence electrons. The topological polar surface area (TPSA) is 93.5 Å². The SMILES string of the molecule is CONC(=O)Cn1ccc(C=C2CN(C(C(=O)C3CC3)c3ccccc3F)CCC2SC(C)=O)n1.Cl. The zero-order chi connectivity index (χ0) is 24.9. The number of carbonyl (C=O) groups excluding carboxylic acids is 3. The second-order valence-electron chi connectivity index (χ2n) is 8.84. The Morgan fingerprint density at radius 2 is 2.00 bits per heavy atom. The van der Waals surface area contributed by atoms with E-state index in [1.54, 1.807) is 30.5 Å². The van der Waals surface area contributed by atoms with Gasteiger partial charge in [0.25, 0.3) is 5.91 Å². The van der Waals surface area contributed by atoms with Crippen LogP contribution in [0.3, 0.4) is 0 Å². The molecular formula is C25H30ClFN4O4S. The molecule has 1 aromatic heterocycles. The number of hydrogen-bond donors (Lipinski definition) is 1. The van der Waals surface area contributed by atoms with E-state index in [-0.39, 0.29) is 52.7 Å². The minimum Gasteiger partial charge on any atom is -0.297 e. The molecule has 11 heteroatoms. The summed E-state index contributed by atoms with van der Waals surface area (Å²) in [4.78, 5) is 43.6. The molecule has 1 N–H and O–H groups in total. The van der Waals surface area contributed by atoms with Gasteiger partial charge in [-0.25, -0.2) is 9.87 Å². The van der Waals surface area contributed by atoms with Gasteiger partial charge in [-0.05, 0) is 43.0 Å². The van der Waals surface area contributed by atoms with Crippen LogP contribution >= 0.6 is 24.2 Å². The lowest BCUT2D eigenvalue weighted by atomic mass is 9.93. The van der Waals surface area contributed by atoms with Gasteiger partial charge in [-0.3, -0.25) is 28.8 Å². The molecule has 1 aliphatic carbocycles. The number of hydroxylamine groups is 1. The molecule has 1 amide bonds. The fourth-order valence-electron chi connectivity index (χ4n) is 4.42. The molecule has 0 bridgehead atoms. The number of carbonyl (C=O) groups is 3. The number of halogens is 2. The number of piperidine rings is 1. The third kappa shape index (κ3) is 7.03. The minimum absolute atomic E-state index is 0. The van der Waals surface area contributed by atoms with Crippen molar-refractivity contribution >= 4 is 47.1 Å². The first kappa shape index (κ1) is 28.0. The molecule has 1 aliphatic heterocycles. The van der Waals surface area contributed by atoms with Crippen molar-refractivity contribution in [3.63, 3.8) is 0 Å². The highest BCUT2D eigenvalue weighted by Crippen LogP contribution is 2.40. The quantitative estimate of drug-likeness (QED) is 0.490. The van der Waals surface area contributed by atoms with Gasteiger partial charge in [0.05, 0.1) is 18.8 Å². The van der Waals surface area contributed by atoms with Crippen LogP contribution in [0.15, 0.2) is 42.1 Å². The predicted octanol–water partition coefficient (Wildman–Crippen LogP) is 3.58. The van der Waals surface area contributed by atoms with Crippen LogP contribution in [0.4, 0.5) is 4.39 Å². The van der Waals surface area contributed by atoms with Gasteiger partial charge in [0.2, 0.25) is 0 Å². The molecule has 1 saturated carbocycles. The molecule has 2 fully saturated rings. The van der Waals surface area contributed by atoms with Crippen LogP contribution in [-0.4, -0.2) is 56.9 Å². The number of Topliss-reactive ketones (excluding diaryl/α,β-unsaturated/α-hetero) is 1. The van der Waals surface area contributed by atoms with Crippen molar-refractivity contribution in [1.82, 2.24) is 20.2 Å². The fourth-order valence-corrected chi connectivity index (χ4v) is 5.34. The predicted molar refractivity (Wildman–Crippen MR) is 138 cm³/mol.